The summed E-state index contributed by atoms with van der Waals surface area (Å²) in [6.07, 6.45) is 0.835. The minimum atomic E-state index is -2.11. The van der Waals surface area contributed by atoms with Gasteiger partial charge in [-0.2, -0.15) is 0 Å². The smallest absolute Gasteiger partial charge is 0.225 e. The molecular formula is C11H14N2O5S. The standard InChI is InChI=1S/C10H10N2O4S.CH4O/c13-17(14)10-11-6-4-8-9(5-7(6)12-10)16-3-1-2-15-8;1-2/h4-5H,1-3H2,(H,11,12)(H,13,14);2H,1H3. The van der Waals surface area contributed by atoms with Gasteiger partial charge >= 0.3 is 0 Å². The lowest BCUT2D eigenvalue weighted by Gasteiger charge is -2.05. The summed E-state index contributed by atoms with van der Waals surface area (Å²) in [7, 11) is 1.00. The second-order valence-electron chi connectivity index (χ2n) is 3.66. The number of aliphatic hydroxyl groups excluding tert-OH is 1. The van der Waals surface area contributed by atoms with Crippen LogP contribution >= 0.6 is 0 Å². The molecule has 7 nitrogen and oxygen atoms in total. The van der Waals surface area contributed by atoms with Crippen molar-refractivity contribution in [3.8, 4) is 11.5 Å². The summed E-state index contributed by atoms with van der Waals surface area (Å²) in [6, 6.07) is 3.45. The SMILES string of the molecule is CO.O=S(O)c1nc2cc3c(cc2[nH]1)OCCCO3. The summed E-state index contributed by atoms with van der Waals surface area (Å²) in [6.45, 7) is 1.20. The number of aromatic nitrogens is 2. The number of ether oxygens (including phenoxy) is 2. The van der Waals surface area contributed by atoms with Crippen molar-refractivity contribution in [2.75, 3.05) is 20.3 Å². The van der Waals surface area contributed by atoms with Crippen LogP contribution in [0, 0.1) is 0 Å². The Hall–Kier alpha value is -1.64. The third kappa shape index (κ3) is 2.86. The third-order valence-corrected chi connectivity index (χ3v) is 3.02. The van der Waals surface area contributed by atoms with Gasteiger partial charge < -0.3 is 19.6 Å². The molecule has 19 heavy (non-hydrogen) atoms. The molecule has 2 heterocycles. The Kier molecular flexibility index (Phi) is 4.35. The Morgan fingerprint density at radius 1 is 1.26 bits per heavy atom. The van der Waals surface area contributed by atoms with Gasteiger partial charge in [0.15, 0.2) is 11.5 Å². The molecule has 0 aliphatic carbocycles. The van der Waals surface area contributed by atoms with Crippen LogP contribution < -0.4 is 9.47 Å². The highest BCUT2D eigenvalue weighted by Gasteiger charge is 2.15. The van der Waals surface area contributed by atoms with Gasteiger partial charge in [-0.25, -0.2) is 9.19 Å². The maximum atomic E-state index is 10.9. The number of aliphatic hydroxyl groups is 1. The first-order valence-corrected chi connectivity index (χ1v) is 6.69. The molecule has 0 radical (unpaired) electrons. The molecular weight excluding hydrogens is 272 g/mol. The van der Waals surface area contributed by atoms with Gasteiger partial charge in [0.2, 0.25) is 16.2 Å². The number of nitrogens with one attached hydrogen (secondary N) is 1. The van der Waals surface area contributed by atoms with Gasteiger partial charge in [-0.1, -0.05) is 0 Å². The Balaban J connectivity index is 0.000000637. The molecule has 1 aromatic heterocycles. The van der Waals surface area contributed by atoms with Gasteiger partial charge in [0.1, 0.15) is 0 Å². The lowest BCUT2D eigenvalue weighted by Crippen LogP contribution is -1.97. The highest BCUT2D eigenvalue weighted by molar-refractivity contribution is 7.79. The number of rotatable bonds is 1. The predicted octanol–water partition coefficient (Wildman–Crippen LogP) is 0.913. The number of H-pyrrole nitrogens is 1. The average molecular weight is 286 g/mol. The van der Waals surface area contributed by atoms with Crippen molar-refractivity contribution in [3.05, 3.63) is 12.1 Å². The molecule has 1 unspecified atom stereocenters. The van der Waals surface area contributed by atoms with Crippen LogP contribution in [0.15, 0.2) is 17.3 Å². The van der Waals surface area contributed by atoms with E-state index >= 15 is 0 Å². The predicted molar refractivity (Wildman–Crippen MR) is 68.9 cm³/mol. The summed E-state index contributed by atoms with van der Waals surface area (Å²) in [5, 5.41) is 7.03. The van der Waals surface area contributed by atoms with Crippen molar-refractivity contribution in [1.29, 1.82) is 0 Å². The highest BCUT2D eigenvalue weighted by Crippen LogP contribution is 2.33. The fourth-order valence-corrected chi connectivity index (χ4v) is 2.10. The van der Waals surface area contributed by atoms with E-state index in [-0.39, 0.29) is 5.16 Å². The van der Waals surface area contributed by atoms with E-state index < -0.39 is 11.1 Å². The lowest BCUT2D eigenvalue weighted by atomic mass is 10.3. The van der Waals surface area contributed by atoms with Crippen LogP contribution in [0.2, 0.25) is 0 Å². The van der Waals surface area contributed by atoms with E-state index in [2.05, 4.69) is 9.97 Å². The zero-order valence-corrected chi connectivity index (χ0v) is 11.1. The second-order valence-corrected chi connectivity index (χ2v) is 4.54. The van der Waals surface area contributed by atoms with Crippen molar-refractivity contribution in [1.82, 2.24) is 9.97 Å². The number of benzene rings is 1. The van der Waals surface area contributed by atoms with Crippen molar-refractivity contribution >= 4 is 22.1 Å². The van der Waals surface area contributed by atoms with Crippen molar-refractivity contribution in [2.24, 2.45) is 0 Å². The van der Waals surface area contributed by atoms with Crippen LogP contribution in [0.1, 0.15) is 6.42 Å². The van der Waals surface area contributed by atoms with E-state index in [1.165, 1.54) is 0 Å². The van der Waals surface area contributed by atoms with E-state index in [0.29, 0.717) is 35.7 Å². The van der Waals surface area contributed by atoms with Crippen molar-refractivity contribution in [2.45, 2.75) is 11.6 Å². The number of hydrogen-bond donors (Lipinski definition) is 3. The molecule has 0 saturated heterocycles. The first-order valence-electron chi connectivity index (χ1n) is 5.59. The molecule has 1 aromatic carbocycles. The molecule has 0 saturated carbocycles. The maximum absolute atomic E-state index is 10.9. The largest absolute Gasteiger partial charge is 0.489 e. The fraction of sp³-hybridized carbons (Fsp3) is 0.364. The van der Waals surface area contributed by atoms with E-state index in [4.69, 9.17) is 19.1 Å². The molecule has 3 N–H and O–H groups in total. The number of nitrogens with zero attached hydrogens (tertiary/aromatic N) is 1. The van der Waals surface area contributed by atoms with Crippen LogP contribution in [0.25, 0.3) is 11.0 Å². The van der Waals surface area contributed by atoms with Gasteiger partial charge in [0.25, 0.3) is 0 Å². The average Bonchev–Trinajstić information content (AvgIpc) is 2.70. The fourth-order valence-electron chi connectivity index (χ4n) is 1.73. The van der Waals surface area contributed by atoms with Crippen LogP contribution in [0.5, 0.6) is 11.5 Å². The Bertz CT molecular complexity index is 555. The number of hydrogen-bond acceptors (Lipinski definition) is 5. The van der Waals surface area contributed by atoms with Gasteiger partial charge in [0.05, 0.1) is 24.2 Å². The molecule has 0 fully saturated rings. The van der Waals surface area contributed by atoms with Gasteiger partial charge in [-0.15, -0.1) is 0 Å². The van der Waals surface area contributed by atoms with Crippen molar-refractivity contribution in [3.63, 3.8) is 0 Å². The Labute approximate surface area is 111 Å². The van der Waals surface area contributed by atoms with E-state index in [9.17, 15) is 4.21 Å². The molecule has 8 heteroatoms. The van der Waals surface area contributed by atoms with Gasteiger partial charge in [-0.3, -0.25) is 4.55 Å². The first kappa shape index (κ1) is 13.8. The topological polar surface area (TPSA) is 105 Å². The molecule has 1 aliphatic heterocycles. The second kappa shape index (κ2) is 6.00. The summed E-state index contributed by atoms with van der Waals surface area (Å²) in [5.74, 6) is 1.26. The molecule has 1 aliphatic rings. The maximum Gasteiger partial charge on any atom is 0.225 e. The van der Waals surface area contributed by atoms with Gasteiger partial charge in [0, 0.05) is 25.7 Å². The van der Waals surface area contributed by atoms with E-state index in [1.807, 2.05) is 0 Å². The molecule has 2 aromatic rings. The summed E-state index contributed by atoms with van der Waals surface area (Å²) in [4.78, 5) is 6.78. The molecule has 0 bridgehead atoms. The molecule has 0 amide bonds. The van der Waals surface area contributed by atoms with Crippen LogP contribution in [-0.4, -0.2) is 44.2 Å². The van der Waals surface area contributed by atoms with Gasteiger partial charge in [-0.05, 0) is 0 Å². The quantitative estimate of drug-likeness (QED) is 0.673. The van der Waals surface area contributed by atoms with Crippen molar-refractivity contribution < 1.29 is 23.3 Å². The minimum absolute atomic E-state index is 0.0279. The zero-order valence-electron chi connectivity index (χ0n) is 10.3. The molecule has 3 rings (SSSR count). The highest BCUT2D eigenvalue weighted by atomic mass is 32.2. The Morgan fingerprint density at radius 2 is 1.89 bits per heavy atom. The Morgan fingerprint density at radius 3 is 2.53 bits per heavy atom. The first-order chi connectivity index (χ1) is 9.24. The number of aromatic amines is 1. The molecule has 0 spiro atoms. The number of fused-ring (bicyclic) bond motifs is 2. The minimum Gasteiger partial charge on any atom is -0.489 e. The molecule has 1 atom stereocenters. The number of imidazole rings is 1. The van der Waals surface area contributed by atoms with Crippen LogP contribution in [-0.2, 0) is 11.1 Å². The summed E-state index contributed by atoms with van der Waals surface area (Å²) >= 11 is -2.11. The summed E-state index contributed by atoms with van der Waals surface area (Å²) in [5.41, 5.74) is 1.25. The molecule has 104 valence electrons. The van der Waals surface area contributed by atoms with E-state index in [0.717, 1.165) is 13.5 Å². The van der Waals surface area contributed by atoms with Crippen LogP contribution in [0.4, 0.5) is 0 Å². The monoisotopic (exact) mass is 286 g/mol. The van der Waals surface area contributed by atoms with E-state index in [1.54, 1.807) is 12.1 Å². The zero-order chi connectivity index (χ0) is 13.8. The summed E-state index contributed by atoms with van der Waals surface area (Å²) < 4.78 is 30.9. The lowest BCUT2D eigenvalue weighted by molar-refractivity contribution is 0.297. The van der Waals surface area contributed by atoms with Crippen LogP contribution in [0.3, 0.4) is 0 Å². The third-order valence-electron chi connectivity index (χ3n) is 2.49. The normalized spacial score (nSPS) is 15.3.